The fourth-order valence-electron chi connectivity index (χ4n) is 2.03. The summed E-state index contributed by atoms with van der Waals surface area (Å²) in [5.74, 6) is 0.834. The standard InChI is InChI=1S/C16H13BrN2/c1-11-8-15(17)16(18-10-11)19-14-7-6-12-4-2-3-5-13(12)9-14/h2-10H,1H3,(H,18,19). The van der Waals surface area contributed by atoms with E-state index in [2.05, 4.69) is 62.6 Å². The predicted molar refractivity (Wildman–Crippen MR) is 83.9 cm³/mol. The number of aromatic nitrogens is 1. The third-order valence-electron chi connectivity index (χ3n) is 2.99. The molecule has 0 saturated carbocycles. The van der Waals surface area contributed by atoms with Crippen molar-refractivity contribution in [2.24, 2.45) is 0 Å². The minimum Gasteiger partial charge on any atom is -0.339 e. The smallest absolute Gasteiger partial charge is 0.144 e. The Morgan fingerprint density at radius 1 is 1.00 bits per heavy atom. The highest BCUT2D eigenvalue weighted by molar-refractivity contribution is 9.10. The second-order valence-electron chi connectivity index (χ2n) is 4.53. The highest BCUT2D eigenvalue weighted by Crippen LogP contribution is 2.26. The van der Waals surface area contributed by atoms with E-state index in [9.17, 15) is 0 Å². The molecule has 0 unspecified atom stereocenters. The Hall–Kier alpha value is -1.87. The van der Waals surface area contributed by atoms with Gasteiger partial charge in [0.05, 0.1) is 4.47 Å². The Morgan fingerprint density at radius 2 is 1.79 bits per heavy atom. The average molecular weight is 313 g/mol. The van der Waals surface area contributed by atoms with Crippen molar-refractivity contribution in [1.29, 1.82) is 0 Å². The van der Waals surface area contributed by atoms with Crippen molar-refractivity contribution < 1.29 is 0 Å². The molecule has 0 amide bonds. The van der Waals surface area contributed by atoms with Crippen LogP contribution in [-0.4, -0.2) is 4.98 Å². The summed E-state index contributed by atoms with van der Waals surface area (Å²) in [6.45, 7) is 2.03. The molecule has 94 valence electrons. The van der Waals surface area contributed by atoms with Crippen molar-refractivity contribution in [3.8, 4) is 0 Å². The number of benzene rings is 2. The van der Waals surface area contributed by atoms with E-state index in [1.54, 1.807) is 0 Å². The number of fused-ring (bicyclic) bond motifs is 1. The molecular formula is C16H13BrN2. The van der Waals surface area contributed by atoms with Crippen molar-refractivity contribution in [1.82, 2.24) is 4.98 Å². The number of anilines is 2. The van der Waals surface area contributed by atoms with Gasteiger partial charge in [-0.05, 0) is 57.4 Å². The molecule has 0 aliphatic heterocycles. The maximum Gasteiger partial charge on any atom is 0.144 e. The van der Waals surface area contributed by atoms with E-state index in [1.807, 2.05) is 25.3 Å². The highest BCUT2D eigenvalue weighted by Gasteiger charge is 2.03. The van der Waals surface area contributed by atoms with E-state index in [1.165, 1.54) is 10.8 Å². The van der Waals surface area contributed by atoms with Crippen LogP contribution in [-0.2, 0) is 0 Å². The molecule has 1 N–H and O–H groups in total. The van der Waals surface area contributed by atoms with Gasteiger partial charge in [-0.1, -0.05) is 30.3 Å². The lowest BCUT2D eigenvalue weighted by molar-refractivity contribution is 1.24. The molecule has 1 aromatic heterocycles. The fourth-order valence-corrected chi connectivity index (χ4v) is 2.59. The van der Waals surface area contributed by atoms with Gasteiger partial charge in [-0.3, -0.25) is 0 Å². The van der Waals surface area contributed by atoms with Crippen LogP contribution in [0.1, 0.15) is 5.56 Å². The molecule has 3 rings (SSSR count). The molecule has 2 aromatic carbocycles. The Bertz CT molecular complexity index is 738. The zero-order valence-electron chi connectivity index (χ0n) is 10.5. The molecule has 0 spiro atoms. The molecule has 3 heteroatoms. The van der Waals surface area contributed by atoms with Gasteiger partial charge in [0.15, 0.2) is 0 Å². The average Bonchev–Trinajstić information content (AvgIpc) is 2.42. The summed E-state index contributed by atoms with van der Waals surface area (Å²) < 4.78 is 0.973. The van der Waals surface area contributed by atoms with Crippen molar-refractivity contribution in [3.05, 3.63) is 64.8 Å². The summed E-state index contributed by atoms with van der Waals surface area (Å²) in [4.78, 5) is 4.40. The number of hydrogen-bond acceptors (Lipinski definition) is 2. The summed E-state index contributed by atoms with van der Waals surface area (Å²) in [6.07, 6.45) is 1.86. The van der Waals surface area contributed by atoms with Crippen LogP contribution in [0.3, 0.4) is 0 Å². The first-order valence-electron chi connectivity index (χ1n) is 6.10. The molecule has 0 atom stereocenters. The SMILES string of the molecule is Cc1cnc(Nc2ccc3ccccc3c2)c(Br)c1. The third-order valence-corrected chi connectivity index (χ3v) is 3.59. The van der Waals surface area contributed by atoms with Gasteiger partial charge < -0.3 is 5.32 Å². The Morgan fingerprint density at radius 3 is 2.58 bits per heavy atom. The number of halogens is 1. The maximum atomic E-state index is 4.40. The van der Waals surface area contributed by atoms with Gasteiger partial charge in [-0.2, -0.15) is 0 Å². The zero-order chi connectivity index (χ0) is 13.2. The number of nitrogens with zero attached hydrogens (tertiary/aromatic N) is 1. The lowest BCUT2D eigenvalue weighted by Gasteiger charge is -2.09. The van der Waals surface area contributed by atoms with Crippen LogP contribution in [0.2, 0.25) is 0 Å². The van der Waals surface area contributed by atoms with Crippen LogP contribution in [0.15, 0.2) is 59.2 Å². The van der Waals surface area contributed by atoms with Gasteiger partial charge in [-0.15, -0.1) is 0 Å². The van der Waals surface area contributed by atoms with Crippen LogP contribution in [0, 0.1) is 6.92 Å². The molecule has 1 heterocycles. The van der Waals surface area contributed by atoms with E-state index in [0.717, 1.165) is 21.5 Å². The number of aryl methyl sites for hydroxylation is 1. The molecule has 0 saturated heterocycles. The highest BCUT2D eigenvalue weighted by atomic mass is 79.9. The summed E-state index contributed by atoms with van der Waals surface area (Å²) in [5, 5.41) is 5.79. The van der Waals surface area contributed by atoms with Gasteiger partial charge in [0.25, 0.3) is 0 Å². The molecule has 0 bridgehead atoms. The Kier molecular flexibility index (Phi) is 3.22. The molecule has 19 heavy (non-hydrogen) atoms. The van der Waals surface area contributed by atoms with Crippen molar-refractivity contribution in [3.63, 3.8) is 0 Å². The summed E-state index contributed by atoms with van der Waals surface area (Å²) in [6, 6.07) is 16.7. The van der Waals surface area contributed by atoms with Gasteiger partial charge in [0.2, 0.25) is 0 Å². The number of nitrogens with one attached hydrogen (secondary N) is 1. The van der Waals surface area contributed by atoms with Crippen molar-refractivity contribution in [2.75, 3.05) is 5.32 Å². The van der Waals surface area contributed by atoms with Crippen molar-refractivity contribution in [2.45, 2.75) is 6.92 Å². The molecule has 2 nitrogen and oxygen atoms in total. The first-order chi connectivity index (χ1) is 9.22. The van der Waals surface area contributed by atoms with Crippen LogP contribution in [0.5, 0.6) is 0 Å². The molecule has 0 radical (unpaired) electrons. The maximum absolute atomic E-state index is 4.40. The minimum absolute atomic E-state index is 0.834. The summed E-state index contributed by atoms with van der Waals surface area (Å²) >= 11 is 3.53. The van der Waals surface area contributed by atoms with Crippen LogP contribution in [0.25, 0.3) is 10.8 Å². The molecular weight excluding hydrogens is 300 g/mol. The lowest BCUT2D eigenvalue weighted by Crippen LogP contribution is -1.95. The van der Waals surface area contributed by atoms with Gasteiger partial charge >= 0.3 is 0 Å². The van der Waals surface area contributed by atoms with E-state index in [4.69, 9.17) is 0 Å². The second-order valence-corrected chi connectivity index (χ2v) is 5.38. The zero-order valence-corrected chi connectivity index (χ0v) is 12.1. The predicted octanol–water partition coefficient (Wildman–Crippen LogP) is 5.05. The van der Waals surface area contributed by atoms with E-state index in [-0.39, 0.29) is 0 Å². The first-order valence-corrected chi connectivity index (χ1v) is 6.90. The van der Waals surface area contributed by atoms with E-state index in [0.29, 0.717) is 0 Å². The first kappa shape index (κ1) is 12.2. The van der Waals surface area contributed by atoms with Crippen LogP contribution < -0.4 is 5.32 Å². The number of pyridine rings is 1. The second kappa shape index (κ2) is 5.02. The third kappa shape index (κ3) is 2.61. The fraction of sp³-hybridized carbons (Fsp3) is 0.0625. The minimum atomic E-state index is 0.834. The molecule has 3 aromatic rings. The van der Waals surface area contributed by atoms with Crippen LogP contribution in [0.4, 0.5) is 11.5 Å². The van der Waals surface area contributed by atoms with Gasteiger partial charge in [-0.25, -0.2) is 4.98 Å². The van der Waals surface area contributed by atoms with Crippen LogP contribution >= 0.6 is 15.9 Å². The largest absolute Gasteiger partial charge is 0.339 e. The van der Waals surface area contributed by atoms with E-state index < -0.39 is 0 Å². The molecule has 0 fully saturated rings. The summed E-state index contributed by atoms with van der Waals surface area (Å²) in [5.41, 5.74) is 2.17. The van der Waals surface area contributed by atoms with Gasteiger partial charge in [0.1, 0.15) is 5.82 Å². The number of rotatable bonds is 2. The Labute approximate surface area is 120 Å². The summed E-state index contributed by atoms with van der Waals surface area (Å²) in [7, 11) is 0. The normalized spacial score (nSPS) is 10.6. The monoisotopic (exact) mass is 312 g/mol. The molecule has 0 aliphatic rings. The Balaban J connectivity index is 1.96. The lowest BCUT2D eigenvalue weighted by atomic mass is 10.1. The van der Waals surface area contributed by atoms with Gasteiger partial charge in [0, 0.05) is 11.9 Å². The topological polar surface area (TPSA) is 24.9 Å². The number of hydrogen-bond donors (Lipinski definition) is 1. The van der Waals surface area contributed by atoms with Crippen molar-refractivity contribution >= 4 is 38.2 Å². The van der Waals surface area contributed by atoms with E-state index >= 15 is 0 Å². The quantitative estimate of drug-likeness (QED) is 0.716. The molecule has 0 aliphatic carbocycles.